The van der Waals surface area contributed by atoms with Gasteiger partial charge in [-0.05, 0) is 36.5 Å². The fraction of sp³-hybridized carbons (Fsp3) is 0.286. The van der Waals surface area contributed by atoms with Gasteiger partial charge in [0.25, 0.3) is 5.91 Å². The molecule has 0 atom stereocenters. The quantitative estimate of drug-likeness (QED) is 0.718. The van der Waals surface area contributed by atoms with Crippen LogP contribution in [0.5, 0.6) is 0 Å². The van der Waals surface area contributed by atoms with Gasteiger partial charge >= 0.3 is 0 Å². The van der Waals surface area contributed by atoms with Gasteiger partial charge in [-0.25, -0.2) is 9.97 Å². The molecular weight excluding hydrogens is 370 g/mol. The molecule has 0 radical (unpaired) electrons. The predicted molar refractivity (Wildman–Crippen MR) is 112 cm³/mol. The van der Waals surface area contributed by atoms with E-state index in [1.54, 1.807) is 18.1 Å². The van der Waals surface area contributed by atoms with Crippen LogP contribution in [0.25, 0.3) is 11.0 Å². The summed E-state index contributed by atoms with van der Waals surface area (Å²) in [5, 5.41) is 4.23. The Labute approximate surface area is 167 Å². The molecular formula is C21H21N5OS. The molecule has 2 aromatic heterocycles. The highest BCUT2D eigenvalue weighted by Gasteiger charge is 2.26. The van der Waals surface area contributed by atoms with Crippen molar-refractivity contribution in [2.75, 3.05) is 17.2 Å². The van der Waals surface area contributed by atoms with Gasteiger partial charge in [-0.1, -0.05) is 24.3 Å². The molecule has 1 amide bonds. The maximum atomic E-state index is 12.9. The van der Waals surface area contributed by atoms with Crippen molar-refractivity contribution in [3.8, 4) is 0 Å². The van der Waals surface area contributed by atoms with Gasteiger partial charge in [-0.2, -0.15) is 0 Å². The van der Waals surface area contributed by atoms with E-state index in [2.05, 4.69) is 49.4 Å². The van der Waals surface area contributed by atoms with Crippen molar-refractivity contribution in [1.29, 1.82) is 0 Å². The number of carbonyl (C=O) groups excluding carboxylic acids is 1. The Kier molecular flexibility index (Phi) is 4.31. The summed E-state index contributed by atoms with van der Waals surface area (Å²) in [6, 6.07) is 8.59. The maximum Gasteiger partial charge on any atom is 0.259 e. The molecule has 0 bridgehead atoms. The lowest BCUT2D eigenvalue weighted by Crippen LogP contribution is -2.37. The van der Waals surface area contributed by atoms with Crippen LogP contribution >= 0.6 is 11.8 Å². The molecule has 0 spiro atoms. The van der Waals surface area contributed by atoms with Gasteiger partial charge in [0, 0.05) is 30.7 Å². The number of aromatic amines is 1. The molecule has 5 rings (SSSR count). The number of hydrogen-bond acceptors (Lipinski definition) is 5. The third kappa shape index (κ3) is 3.05. The standard InChI is InChI=1S/C21H21N5OS/c1-13-10-22-19-18(13)20(24-12-23-19)26-6-7-28-17(11-26)21(27)25-16-8-14-4-2-3-5-15(14)9-16/h2-5,10-12,16H,6-9H2,1H3,(H,25,27)(H,22,23,24). The van der Waals surface area contributed by atoms with Crippen molar-refractivity contribution in [2.45, 2.75) is 25.8 Å². The van der Waals surface area contributed by atoms with Crippen LogP contribution in [-0.2, 0) is 17.6 Å². The van der Waals surface area contributed by atoms with Crippen LogP contribution in [0.15, 0.2) is 47.9 Å². The van der Waals surface area contributed by atoms with Crippen LogP contribution in [-0.4, -0.2) is 39.2 Å². The molecule has 6 nitrogen and oxygen atoms in total. The minimum absolute atomic E-state index is 0.00333. The Morgan fingerprint density at radius 2 is 2.04 bits per heavy atom. The fourth-order valence-corrected chi connectivity index (χ4v) is 4.92. The molecule has 2 N–H and O–H groups in total. The van der Waals surface area contributed by atoms with E-state index >= 15 is 0 Å². The van der Waals surface area contributed by atoms with E-state index in [-0.39, 0.29) is 11.9 Å². The molecule has 28 heavy (non-hydrogen) atoms. The number of nitrogens with zero attached hydrogens (tertiary/aromatic N) is 3. The molecule has 7 heteroatoms. The molecule has 0 fully saturated rings. The summed E-state index contributed by atoms with van der Waals surface area (Å²) in [7, 11) is 0. The normalized spacial score (nSPS) is 16.9. The van der Waals surface area contributed by atoms with Gasteiger partial charge in [0.2, 0.25) is 0 Å². The predicted octanol–water partition coefficient (Wildman–Crippen LogP) is 2.94. The average molecular weight is 392 g/mol. The van der Waals surface area contributed by atoms with Crippen LogP contribution in [0.2, 0.25) is 0 Å². The number of fused-ring (bicyclic) bond motifs is 2. The van der Waals surface area contributed by atoms with Crippen LogP contribution in [0.3, 0.4) is 0 Å². The highest BCUT2D eigenvalue weighted by atomic mass is 32.2. The van der Waals surface area contributed by atoms with Crippen molar-refractivity contribution in [2.24, 2.45) is 0 Å². The maximum absolute atomic E-state index is 12.9. The molecule has 1 aromatic carbocycles. The summed E-state index contributed by atoms with van der Waals surface area (Å²) >= 11 is 1.60. The largest absolute Gasteiger partial charge is 0.348 e. The van der Waals surface area contributed by atoms with Gasteiger partial charge < -0.3 is 15.2 Å². The first-order valence-electron chi connectivity index (χ1n) is 9.46. The lowest BCUT2D eigenvalue weighted by molar-refractivity contribution is -0.117. The van der Waals surface area contributed by atoms with E-state index in [1.165, 1.54) is 11.1 Å². The number of nitrogens with one attached hydrogen (secondary N) is 2. The number of amides is 1. The number of thioether (sulfide) groups is 1. The molecule has 0 saturated carbocycles. The van der Waals surface area contributed by atoms with Gasteiger partial charge in [0.1, 0.15) is 17.8 Å². The van der Waals surface area contributed by atoms with E-state index in [4.69, 9.17) is 0 Å². The molecule has 1 aliphatic carbocycles. The summed E-state index contributed by atoms with van der Waals surface area (Å²) in [5.41, 5.74) is 4.60. The second-order valence-electron chi connectivity index (χ2n) is 7.28. The van der Waals surface area contributed by atoms with Crippen LogP contribution in [0.1, 0.15) is 16.7 Å². The zero-order valence-corrected chi connectivity index (χ0v) is 16.4. The number of benzene rings is 1. The zero-order chi connectivity index (χ0) is 19.1. The van der Waals surface area contributed by atoms with Crippen LogP contribution < -0.4 is 10.2 Å². The molecule has 1 aliphatic heterocycles. The number of anilines is 1. The van der Waals surface area contributed by atoms with Crippen molar-refractivity contribution in [3.05, 3.63) is 64.6 Å². The summed E-state index contributed by atoms with van der Waals surface area (Å²) < 4.78 is 0. The van der Waals surface area contributed by atoms with Gasteiger partial charge in [-0.15, -0.1) is 11.8 Å². The molecule has 3 heterocycles. The second kappa shape index (κ2) is 6.98. The zero-order valence-electron chi connectivity index (χ0n) is 15.6. The Balaban J connectivity index is 1.36. The molecule has 142 valence electrons. The Morgan fingerprint density at radius 1 is 1.25 bits per heavy atom. The Hall–Kier alpha value is -2.80. The molecule has 3 aromatic rings. The minimum atomic E-state index is 0.00333. The molecule has 2 aliphatic rings. The summed E-state index contributed by atoms with van der Waals surface area (Å²) in [6.07, 6.45) is 7.24. The monoisotopic (exact) mass is 391 g/mol. The van der Waals surface area contributed by atoms with Crippen molar-refractivity contribution >= 4 is 34.5 Å². The van der Waals surface area contributed by atoms with E-state index < -0.39 is 0 Å². The number of H-pyrrole nitrogens is 1. The summed E-state index contributed by atoms with van der Waals surface area (Å²) in [6.45, 7) is 2.85. The lowest BCUT2D eigenvalue weighted by Gasteiger charge is -2.26. The first-order valence-corrected chi connectivity index (χ1v) is 10.4. The van der Waals surface area contributed by atoms with Crippen molar-refractivity contribution in [1.82, 2.24) is 20.3 Å². The fourth-order valence-electron chi connectivity index (χ4n) is 4.02. The number of aryl methyl sites for hydroxylation is 1. The summed E-state index contributed by atoms with van der Waals surface area (Å²) in [4.78, 5) is 27.7. The van der Waals surface area contributed by atoms with Gasteiger partial charge in [-0.3, -0.25) is 4.79 Å². The summed E-state index contributed by atoms with van der Waals surface area (Å²) in [5.74, 6) is 1.70. The van der Waals surface area contributed by atoms with E-state index in [9.17, 15) is 4.79 Å². The first-order chi connectivity index (χ1) is 13.7. The smallest absolute Gasteiger partial charge is 0.259 e. The molecule has 0 saturated heterocycles. The van der Waals surface area contributed by atoms with Crippen LogP contribution in [0.4, 0.5) is 5.82 Å². The minimum Gasteiger partial charge on any atom is -0.348 e. The third-order valence-corrected chi connectivity index (χ3v) is 6.38. The average Bonchev–Trinajstić information content (AvgIpc) is 3.31. The van der Waals surface area contributed by atoms with Gasteiger partial charge in [0.15, 0.2) is 0 Å². The Bertz CT molecular complexity index is 1060. The number of carbonyl (C=O) groups is 1. The number of hydrogen-bond donors (Lipinski definition) is 2. The first kappa shape index (κ1) is 17.3. The number of aromatic nitrogens is 3. The highest BCUT2D eigenvalue weighted by Crippen LogP contribution is 2.31. The third-order valence-electron chi connectivity index (χ3n) is 5.39. The lowest BCUT2D eigenvalue weighted by atomic mass is 10.1. The van der Waals surface area contributed by atoms with Crippen LogP contribution in [0, 0.1) is 6.92 Å². The topological polar surface area (TPSA) is 73.9 Å². The van der Waals surface area contributed by atoms with E-state index in [0.717, 1.165) is 52.5 Å². The van der Waals surface area contributed by atoms with Crippen molar-refractivity contribution < 1.29 is 4.79 Å². The number of rotatable bonds is 3. The highest BCUT2D eigenvalue weighted by molar-refractivity contribution is 8.04. The molecule has 0 unspecified atom stereocenters. The second-order valence-corrected chi connectivity index (χ2v) is 8.41. The van der Waals surface area contributed by atoms with E-state index in [0.29, 0.717) is 0 Å². The SMILES string of the molecule is Cc1c[nH]c2ncnc(N3C=C(C(=O)NC4Cc5ccccc5C4)SCC3)c12. The van der Waals surface area contributed by atoms with E-state index in [1.807, 2.05) is 19.3 Å². The Morgan fingerprint density at radius 3 is 2.82 bits per heavy atom. The van der Waals surface area contributed by atoms with Crippen molar-refractivity contribution in [3.63, 3.8) is 0 Å². The van der Waals surface area contributed by atoms with Gasteiger partial charge in [0.05, 0.1) is 10.3 Å².